The van der Waals surface area contributed by atoms with Crippen molar-refractivity contribution in [1.29, 1.82) is 0 Å². The van der Waals surface area contributed by atoms with E-state index in [1.807, 2.05) is 0 Å². The van der Waals surface area contributed by atoms with Crippen molar-refractivity contribution in [1.82, 2.24) is 9.97 Å². The van der Waals surface area contributed by atoms with E-state index in [1.165, 1.54) is 18.2 Å². The number of rotatable bonds is 4. The highest BCUT2D eigenvalue weighted by molar-refractivity contribution is 6.36. The molecule has 0 aliphatic heterocycles. The van der Waals surface area contributed by atoms with E-state index in [0.717, 1.165) is 6.20 Å². The smallest absolute Gasteiger partial charge is 0.323 e. The Labute approximate surface area is 133 Å². The third kappa shape index (κ3) is 3.86. The van der Waals surface area contributed by atoms with Crippen molar-refractivity contribution >= 4 is 41.1 Å². The third-order valence-electron chi connectivity index (χ3n) is 2.61. The van der Waals surface area contributed by atoms with Gasteiger partial charge in [0.2, 0.25) is 5.95 Å². The highest BCUT2D eigenvalue weighted by atomic mass is 35.5. The fraction of sp³-hybridized carbons (Fsp3) is 0.154. The Morgan fingerprint density at radius 1 is 1.27 bits per heavy atom. The van der Waals surface area contributed by atoms with Gasteiger partial charge in [-0.3, -0.25) is 0 Å². The number of carbonyl (C=O) groups is 1. The van der Waals surface area contributed by atoms with Crippen LogP contribution in [-0.2, 0) is 17.4 Å². The molecule has 4 nitrogen and oxygen atoms in total. The number of alkyl halides is 3. The van der Waals surface area contributed by atoms with Gasteiger partial charge < -0.3 is 10.1 Å². The van der Waals surface area contributed by atoms with Gasteiger partial charge in [0, 0.05) is 23.2 Å². The van der Waals surface area contributed by atoms with Crippen LogP contribution in [0.5, 0.6) is 0 Å². The largest absolute Gasteiger partial charge is 0.433 e. The first-order valence-corrected chi connectivity index (χ1v) is 6.65. The average molecular weight is 350 g/mol. The number of benzene rings is 1. The van der Waals surface area contributed by atoms with Crippen LogP contribution in [0, 0.1) is 0 Å². The number of halogens is 5. The van der Waals surface area contributed by atoms with Gasteiger partial charge in [0.05, 0.1) is 10.7 Å². The number of aromatic nitrogens is 2. The highest BCUT2D eigenvalue weighted by Gasteiger charge is 2.36. The number of carbonyl (C=O) groups excluding carboxylic acids is 1. The molecule has 0 spiro atoms. The van der Waals surface area contributed by atoms with Crippen LogP contribution in [0.4, 0.5) is 24.8 Å². The van der Waals surface area contributed by atoms with E-state index in [-0.39, 0.29) is 16.5 Å². The van der Waals surface area contributed by atoms with Crippen LogP contribution >= 0.6 is 23.2 Å². The summed E-state index contributed by atoms with van der Waals surface area (Å²) in [6, 6.07) is 4.43. The molecule has 2 rings (SSSR count). The zero-order valence-electron chi connectivity index (χ0n) is 10.8. The molecule has 0 unspecified atom stereocenters. The minimum absolute atomic E-state index is 0.210. The van der Waals surface area contributed by atoms with E-state index in [1.54, 1.807) is 0 Å². The van der Waals surface area contributed by atoms with Crippen molar-refractivity contribution in [2.75, 3.05) is 5.32 Å². The van der Waals surface area contributed by atoms with Crippen LogP contribution in [0.15, 0.2) is 24.4 Å². The van der Waals surface area contributed by atoms with Crippen LogP contribution in [0.1, 0.15) is 11.3 Å². The molecule has 0 saturated carbocycles. The molecule has 1 heterocycles. The summed E-state index contributed by atoms with van der Waals surface area (Å²) in [6.07, 6.45) is -3.80. The Hall–Kier alpha value is -1.86. The molecule has 0 radical (unpaired) electrons. The molecular formula is C13H8Cl2F3N3O. The summed E-state index contributed by atoms with van der Waals surface area (Å²) >= 11 is 11.7. The molecule has 0 saturated heterocycles. The number of hydrogen-bond donors (Lipinski definition) is 1. The molecule has 22 heavy (non-hydrogen) atoms. The SMILES string of the molecule is O=CCc1cnc(Nc2ccc(Cl)cc2Cl)nc1C(F)(F)F. The van der Waals surface area contributed by atoms with Gasteiger partial charge >= 0.3 is 6.18 Å². The molecule has 0 atom stereocenters. The van der Waals surface area contributed by atoms with Gasteiger partial charge in [-0.1, -0.05) is 23.2 Å². The van der Waals surface area contributed by atoms with Crippen LogP contribution < -0.4 is 5.32 Å². The van der Waals surface area contributed by atoms with Crippen molar-refractivity contribution in [3.63, 3.8) is 0 Å². The normalized spacial score (nSPS) is 11.3. The highest BCUT2D eigenvalue weighted by Crippen LogP contribution is 2.32. The van der Waals surface area contributed by atoms with E-state index in [9.17, 15) is 18.0 Å². The quantitative estimate of drug-likeness (QED) is 0.836. The second kappa shape index (κ2) is 6.50. The standard InChI is InChI=1S/C13H8Cl2F3N3O/c14-8-1-2-10(9(15)5-8)20-12-19-6-7(3-4-22)11(21-12)13(16,17)18/h1-2,4-6H,3H2,(H,19,20,21). The summed E-state index contributed by atoms with van der Waals surface area (Å²) < 4.78 is 38.8. The number of aldehydes is 1. The van der Waals surface area contributed by atoms with Gasteiger partial charge in [0.1, 0.15) is 6.29 Å². The average Bonchev–Trinajstić information content (AvgIpc) is 2.42. The molecular weight excluding hydrogens is 342 g/mol. The van der Waals surface area contributed by atoms with Crippen molar-refractivity contribution in [3.8, 4) is 0 Å². The van der Waals surface area contributed by atoms with E-state index >= 15 is 0 Å². The summed E-state index contributed by atoms with van der Waals surface area (Å²) in [7, 11) is 0. The summed E-state index contributed by atoms with van der Waals surface area (Å²) in [4.78, 5) is 17.6. The fourth-order valence-corrected chi connectivity index (χ4v) is 2.12. The Morgan fingerprint density at radius 3 is 2.59 bits per heavy atom. The molecule has 0 fully saturated rings. The van der Waals surface area contributed by atoms with Gasteiger partial charge in [-0.2, -0.15) is 13.2 Å². The molecule has 0 amide bonds. The summed E-state index contributed by atoms with van der Waals surface area (Å²) in [6.45, 7) is 0. The summed E-state index contributed by atoms with van der Waals surface area (Å²) in [5, 5.41) is 3.17. The Morgan fingerprint density at radius 2 is 2.00 bits per heavy atom. The lowest BCUT2D eigenvalue weighted by atomic mass is 10.2. The summed E-state index contributed by atoms with van der Waals surface area (Å²) in [5.74, 6) is -0.286. The van der Waals surface area contributed by atoms with Crippen LogP contribution in [0.25, 0.3) is 0 Å². The fourth-order valence-electron chi connectivity index (χ4n) is 1.66. The van der Waals surface area contributed by atoms with E-state index in [0.29, 0.717) is 17.0 Å². The van der Waals surface area contributed by atoms with E-state index in [4.69, 9.17) is 23.2 Å². The minimum atomic E-state index is -4.69. The molecule has 1 N–H and O–H groups in total. The number of nitrogens with zero attached hydrogens (tertiary/aromatic N) is 2. The first-order chi connectivity index (χ1) is 10.3. The van der Waals surface area contributed by atoms with Crippen molar-refractivity contribution in [2.24, 2.45) is 0 Å². The summed E-state index contributed by atoms with van der Waals surface area (Å²) in [5.41, 5.74) is -1.15. The molecule has 2 aromatic rings. The van der Waals surface area contributed by atoms with Crippen LogP contribution in [0.2, 0.25) is 10.0 Å². The number of nitrogens with one attached hydrogen (secondary N) is 1. The monoisotopic (exact) mass is 349 g/mol. The van der Waals surface area contributed by atoms with E-state index < -0.39 is 18.3 Å². The van der Waals surface area contributed by atoms with E-state index in [2.05, 4.69) is 15.3 Å². The molecule has 0 aliphatic rings. The second-order valence-electron chi connectivity index (χ2n) is 4.19. The Kier molecular flexibility index (Phi) is 4.87. The maximum atomic E-state index is 12.9. The minimum Gasteiger partial charge on any atom is -0.323 e. The molecule has 1 aromatic carbocycles. The zero-order chi connectivity index (χ0) is 16.3. The third-order valence-corrected chi connectivity index (χ3v) is 3.16. The first-order valence-electron chi connectivity index (χ1n) is 5.90. The zero-order valence-corrected chi connectivity index (χ0v) is 12.3. The van der Waals surface area contributed by atoms with Crippen molar-refractivity contribution < 1.29 is 18.0 Å². The molecule has 0 bridgehead atoms. The van der Waals surface area contributed by atoms with Crippen molar-refractivity contribution in [2.45, 2.75) is 12.6 Å². The van der Waals surface area contributed by atoms with Gasteiger partial charge in [-0.15, -0.1) is 0 Å². The number of hydrogen-bond acceptors (Lipinski definition) is 4. The molecule has 9 heteroatoms. The van der Waals surface area contributed by atoms with Crippen LogP contribution in [-0.4, -0.2) is 16.3 Å². The predicted octanol–water partition coefficient (Wildman–Crippen LogP) is 4.29. The van der Waals surface area contributed by atoms with Gasteiger partial charge in [0.15, 0.2) is 5.69 Å². The Balaban J connectivity index is 2.38. The van der Waals surface area contributed by atoms with Gasteiger partial charge in [-0.25, -0.2) is 9.97 Å². The maximum Gasteiger partial charge on any atom is 0.433 e. The lowest BCUT2D eigenvalue weighted by Crippen LogP contribution is -2.14. The van der Waals surface area contributed by atoms with Gasteiger partial charge in [0.25, 0.3) is 0 Å². The lowest BCUT2D eigenvalue weighted by Gasteiger charge is -2.12. The second-order valence-corrected chi connectivity index (χ2v) is 5.03. The van der Waals surface area contributed by atoms with Crippen LogP contribution in [0.3, 0.4) is 0 Å². The first kappa shape index (κ1) is 16.5. The molecule has 116 valence electrons. The molecule has 1 aromatic heterocycles. The number of anilines is 2. The van der Waals surface area contributed by atoms with Crippen molar-refractivity contribution in [3.05, 3.63) is 45.7 Å². The topological polar surface area (TPSA) is 54.9 Å². The predicted molar refractivity (Wildman–Crippen MR) is 76.5 cm³/mol. The Bertz CT molecular complexity index is 707. The molecule has 0 aliphatic carbocycles. The lowest BCUT2D eigenvalue weighted by molar-refractivity contribution is -0.141. The van der Waals surface area contributed by atoms with Gasteiger partial charge in [-0.05, 0) is 18.2 Å². The maximum absolute atomic E-state index is 12.9.